The highest BCUT2D eigenvalue weighted by molar-refractivity contribution is 7.20. The molecule has 0 saturated carbocycles. The number of aliphatic hydroxyl groups is 1. The molecule has 0 aromatic carbocycles. The van der Waals surface area contributed by atoms with Crippen LogP contribution in [0.15, 0.2) is 0 Å². The molecule has 7 heteroatoms. The summed E-state index contributed by atoms with van der Waals surface area (Å²) >= 11 is 1.31. The minimum atomic E-state index is -0.862. The second-order valence-corrected chi connectivity index (χ2v) is 7.44. The molecule has 0 bridgehead atoms. The van der Waals surface area contributed by atoms with Gasteiger partial charge < -0.3 is 15.2 Å². The Morgan fingerprint density at radius 1 is 1.38 bits per heavy atom. The second-order valence-electron chi connectivity index (χ2n) is 6.44. The highest BCUT2D eigenvalue weighted by Crippen LogP contribution is 2.34. The number of hydrogen-bond acceptors (Lipinski definition) is 7. The van der Waals surface area contributed by atoms with Gasteiger partial charge in [-0.3, -0.25) is 0 Å². The molecular formula is C17H25N3O3S. The number of rotatable bonds is 6. The van der Waals surface area contributed by atoms with E-state index < -0.39 is 5.60 Å². The molecule has 1 unspecified atom stereocenters. The molecule has 0 aliphatic rings. The number of carbonyl (C=O) groups is 1. The molecule has 2 rings (SSSR count). The highest BCUT2D eigenvalue weighted by Gasteiger charge is 2.26. The van der Waals surface area contributed by atoms with Crippen molar-refractivity contribution in [2.75, 3.05) is 18.5 Å². The number of nitrogens with zero attached hydrogens (tertiary/aromatic N) is 2. The molecule has 0 aliphatic carbocycles. The van der Waals surface area contributed by atoms with Gasteiger partial charge in [-0.25, -0.2) is 14.8 Å². The van der Waals surface area contributed by atoms with E-state index in [1.54, 1.807) is 13.8 Å². The lowest BCUT2D eigenvalue weighted by Crippen LogP contribution is -2.39. The van der Waals surface area contributed by atoms with E-state index in [1.807, 2.05) is 27.7 Å². The monoisotopic (exact) mass is 351 g/mol. The van der Waals surface area contributed by atoms with E-state index in [0.717, 1.165) is 15.8 Å². The molecule has 0 saturated heterocycles. The summed E-state index contributed by atoms with van der Waals surface area (Å²) < 4.78 is 5.12. The number of carbonyl (C=O) groups excluding carboxylic acids is 1. The molecule has 0 fully saturated rings. The Morgan fingerprint density at radius 2 is 2.04 bits per heavy atom. The zero-order valence-corrected chi connectivity index (χ0v) is 15.9. The predicted octanol–water partition coefficient (Wildman–Crippen LogP) is 3.30. The van der Waals surface area contributed by atoms with Gasteiger partial charge in [-0.1, -0.05) is 13.8 Å². The van der Waals surface area contributed by atoms with Crippen molar-refractivity contribution in [3.05, 3.63) is 16.3 Å². The molecule has 0 aliphatic heterocycles. The maximum absolute atomic E-state index is 12.1. The van der Waals surface area contributed by atoms with E-state index in [4.69, 9.17) is 4.74 Å². The van der Waals surface area contributed by atoms with Gasteiger partial charge >= 0.3 is 5.97 Å². The number of fused-ring (bicyclic) bond motifs is 1. The topological polar surface area (TPSA) is 84.3 Å². The SMILES string of the molecule is CCOC(=O)c1sc2nc(C)nc(NCC(C)(O)C(C)C)c2c1C. The van der Waals surface area contributed by atoms with Crippen molar-refractivity contribution in [3.63, 3.8) is 0 Å². The maximum Gasteiger partial charge on any atom is 0.348 e. The summed E-state index contributed by atoms with van der Waals surface area (Å²) in [7, 11) is 0. The van der Waals surface area contributed by atoms with Crippen LogP contribution in [0.3, 0.4) is 0 Å². The number of thiophene rings is 1. The van der Waals surface area contributed by atoms with Crippen LogP contribution in [0.5, 0.6) is 0 Å². The second kappa shape index (κ2) is 7.03. The van der Waals surface area contributed by atoms with Crippen molar-refractivity contribution in [3.8, 4) is 0 Å². The normalized spacial score (nSPS) is 14.0. The molecule has 0 spiro atoms. The van der Waals surface area contributed by atoms with E-state index in [-0.39, 0.29) is 11.9 Å². The Bertz CT molecular complexity index is 753. The van der Waals surface area contributed by atoms with Gasteiger partial charge in [0, 0.05) is 6.54 Å². The number of aryl methyl sites for hydroxylation is 2. The lowest BCUT2D eigenvalue weighted by molar-refractivity contribution is 0.0265. The largest absolute Gasteiger partial charge is 0.462 e. The average molecular weight is 351 g/mol. The third-order valence-corrected chi connectivity index (χ3v) is 5.39. The molecule has 24 heavy (non-hydrogen) atoms. The fraction of sp³-hybridized carbons (Fsp3) is 0.588. The molecule has 1 atom stereocenters. The predicted molar refractivity (Wildman–Crippen MR) is 96.8 cm³/mol. The van der Waals surface area contributed by atoms with Crippen molar-refractivity contribution in [1.29, 1.82) is 0 Å². The highest BCUT2D eigenvalue weighted by atomic mass is 32.1. The van der Waals surface area contributed by atoms with E-state index in [9.17, 15) is 9.90 Å². The number of ether oxygens (including phenoxy) is 1. The molecule has 2 heterocycles. The van der Waals surface area contributed by atoms with Crippen LogP contribution in [0, 0.1) is 19.8 Å². The summed E-state index contributed by atoms with van der Waals surface area (Å²) in [6.07, 6.45) is 0. The molecule has 132 valence electrons. The first-order chi connectivity index (χ1) is 11.2. The van der Waals surface area contributed by atoms with Crippen LogP contribution in [0.2, 0.25) is 0 Å². The summed E-state index contributed by atoms with van der Waals surface area (Å²) in [5.41, 5.74) is -0.0563. The molecule has 2 N–H and O–H groups in total. The first kappa shape index (κ1) is 18.6. The van der Waals surface area contributed by atoms with Gasteiger partial charge in [0.05, 0.1) is 17.6 Å². The first-order valence-electron chi connectivity index (χ1n) is 8.08. The van der Waals surface area contributed by atoms with Crippen molar-refractivity contribution >= 4 is 33.3 Å². The van der Waals surface area contributed by atoms with E-state index in [1.165, 1.54) is 11.3 Å². The van der Waals surface area contributed by atoms with E-state index >= 15 is 0 Å². The van der Waals surface area contributed by atoms with Crippen LogP contribution < -0.4 is 5.32 Å². The third kappa shape index (κ3) is 3.67. The summed E-state index contributed by atoms with van der Waals surface area (Å²) in [5, 5.41) is 14.5. The average Bonchev–Trinajstić information content (AvgIpc) is 2.82. The molecule has 2 aromatic rings. The zero-order chi connectivity index (χ0) is 18.1. The summed E-state index contributed by atoms with van der Waals surface area (Å²) in [5.74, 6) is 1.02. The Balaban J connectivity index is 2.45. The molecule has 6 nitrogen and oxygen atoms in total. The molecular weight excluding hydrogens is 326 g/mol. The van der Waals surface area contributed by atoms with Crippen LogP contribution in [-0.2, 0) is 4.74 Å². The number of nitrogens with one attached hydrogen (secondary N) is 1. The zero-order valence-electron chi connectivity index (χ0n) is 15.1. The van der Waals surface area contributed by atoms with Crippen molar-refractivity contribution in [2.45, 2.75) is 47.1 Å². The summed E-state index contributed by atoms with van der Waals surface area (Å²) in [6.45, 7) is 11.9. The van der Waals surface area contributed by atoms with Gasteiger partial charge in [0.1, 0.15) is 21.3 Å². The van der Waals surface area contributed by atoms with Crippen molar-refractivity contribution in [1.82, 2.24) is 9.97 Å². The number of anilines is 1. The Morgan fingerprint density at radius 3 is 2.62 bits per heavy atom. The first-order valence-corrected chi connectivity index (χ1v) is 8.90. The van der Waals surface area contributed by atoms with Gasteiger partial charge in [0.15, 0.2) is 0 Å². The van der Waals surface area contributed by atoms with Gasteiger partial charge in [0.25, 0.3) is 0 Å². The van der Waals surface area contributed by atoms with Gasteiger partial charge in [-0.05, 0) is 39.2 Å². The lowest BCUT2D eigenvalue weighted by Gasteiger charge is -2.28. The van der Waals surface area contributed by atoms with E-state index in [0.29, 0.717) is 29.7 Å². The molecule has 0 radical (unpaired) electrons. The van der Waals surface area contributed by atoms with Crippen LogP contribution in [-0.4, -0.2) is 39.8 Å². The Kier molecular flexibility index (Phi) is 5.45. The number of esters is 1. The molecule has 0 amide bonds. The Labute approximate surface area is 146 Å². The van der Waals surface area contributed by atoms with Gasteiger partial charge in [-0.15, -0.1) is 11.3 Å². The fourth-order valence-electron chi connectivity index (χ4n) is 2.23. The van der Waals surface area contributed by atoms with Crippen LogP contribution in [0.4, 0.5) is 5.82 Å². The quantitative estimate of drug-likeness (QED) is 0.777. The van der Waals surface area contributed by atoms with E-state index in [2.05, 4.69) is 15.3 Å². The molecule has 2 aromatic heterocycles. The Hall–Kier alpha value is -1.73. The fourth-order valence-corrected chi connectivity index (χ4v) is 3.35. The van der Waals surface area contributed by atoms with Crippen LogP contribution in [0.25, 0.3) is 10.2 Å². The van der Waals surface area contributed by atoms with Gasteiger partial charge in [0.2, 0.25) is 0 Å². The van der Waals surface area contributed by atoms with Gasteiger partial charge in [-0.2, -0.15) is 0 Å². The summed E-state index contributed by atoms with van der Waals surface area (Å²) in [6, 6.07) is 0. The summed E-state index contributed by atoms with van der Waals surface area (Å²) in [4.78, 5) is 22.3. The van der Waals surface area contributed by atoms with Crippen molar-refractivity contribution < 1.29 is 14.6 Å². The smallest absolute Gasteiger partial charge is 0.348 e. The number of aromatic nitrogens is 2. The van der Waals surface area contributed by atoms with Crippen LogP contribution in [0.1, 0.15) is 48.8 Å². The third-order valence-electron chi connectivity index (χ3n) is 4.22. The standard InChI is InChI=1S/C17H25N3O3S/c1-7-23-16(21)13-10(4)12-14(18-8-17(6,22)9(2)3)19-11(5)20-15(12)24-13/h9,22H,7-8H2,1-6H3,(H,18,19,20). The van der Waals surface area contributed by atoms with Crippen molar-refractivity contribution in [2.24, 2.45) is 5.92 Å². The number of hydrogen-bond donors (Lipinski definition) is 2. The van der Waals surface area contributed by atoms with Crippen LogP contribution >= 0.6 is 11.3 Å². The lowest BCUT2D eigenvalue weighted by atomic mass is 9.92. The minimum Gasteiger partial charge on any atom is -0.462 e. The maximum atomic E-state index is 12.1. The minimum absolute atomic E-state index is 0.0992.